The van der Waals surface area contributed by atoms with Crippen LogP contribution in [0.1, 0.15) is 31.4 Å². The third-order valence-electron chi connectivity index (χ3n) is 6.70. The molecule has 1 aliphatic rings. The number of nitrogens with zero attached hydrogens (tertiary/aromatic N) is 1. The highest BCUT2D eigenvalue weighted by Crippen LogP contribution is 2.40. The first kappa shape index (κ1) is 21.8. The summed E-state index contributed by atoms with van der Waals surface area (Å²) in [6.07, 6.45) is 7.91. The fourth-order valence-electron chi connectivity index (χ4n) is 5.07. The lowest BCUT2D eigenvalue weighted by Crippen LogP contribution is -2.71. The lowest BCUT2D eigenvalue weighted by molar-refractivity contribution is -0.497. The molecule has 0 saturated heterocycles. The Morgan fingerprint density at radius 3 is 2.45 bits per heavy atom. The molecule has 166 valence electrons. The average molecular weight is 452 g/mol. The van der Waals surface area contributed by atoms with Crippen LogP contribution in [0.15, 0.2) is 97.2 Å². The second-order valence-corrected chi connectivity index (χ2v) is 9.79. The van der Waals surface area contributed by atoms with E-state index in [1.54, 1.807) is 0 Å². The maximum atomic E-state index is 4.60. The van der Waals surface area contributed by atoms with Crippen molar-refractivity contribution in [2.75, 3.05) is 5.75 Å². The molecular weight excluding hydrogens is 420 g/mol. The summed E-state index contributed by atoms with van der Waals surface area (Å²) in [7, 11) is 0. The van der Waals surface area contributed by atoms with Crippen molar-refractivity contribution in [1.82, 2.24) is 4.57 Å². The van der Waals surface area contributed by atoms with Gasteiger partial charge in [-0.15, -0.1) is 0 Å². The van der Waals surface area contributed by atoms with E-state index in [0.717, 1.165) is 18.7 Å². The van der Waals surface area contributed by atoms with Gasteiger partial charge in [-0.1, -0.05) is 86.7 Å². The fraction of sp³-hybridized carbons (Fsp3) is 0.200. The molecule has 0 amide bonds. The van der Waals surface area contributed by atoms with Crippen molar-refractivity contribution in [2.45, 2.75) is 32.2 Å². The van der Waals surface area contributed by atoms with Gasteiger partial charge in [-0.25, -0.2) is 0 Å². The van der Waals surface area contributed by atoms with Gasteiger partial charge < -0.3 is 4.57 Å². The van der Waals surface area contributed by atoms with E-state index in [1.165, 1.54) is 44.5 Å². The number of quaternary nitrogens is 1. The van der Waals surface area contributed by atoms with Crippen molar-refractivity contribution in [3.05, 3.63) is 108 Å². The van der Waals surface area contributed by atoms with Gasteiger partial charge in [0.15, 0.2) is 0 Å². The van der Waals surface area contributed by atoms with Crippen LogP contribution in [-0.4, -0.2) is 10.3 Å². The van der Waals surface area contributed by atoms with Gasteiger partial charge in [0.05, 0.1) is 11.9 Å². The van der Waals surface area contributed by atoms with Gasteiger partial charge in [0.25, 0.3) is 0 Å². The molecular formula is C30H31N2S+. The molecule has 33 heavy (non-hydrogen) atoms. The van der Waals surface area contributed by atoms with E-state index in [1.807, 2.05) is 0 Å². The maximum Gasteiger partial charge on any atom is 0.137 e. The third kappa shape index (κ3) is 4.07. The number of nitrogens with two attached hydrogens (primary N) is 1. The first-order chi connectivity index (χ1) is 16.1. The molecule has 0 aliphatic carbocycles. The minimum atomic E-state index is 0.0424. The van der Waals surface area contributed by atoms with Crippen molar-refractivity contribution >= 4 is 34.8 Å². The largest absolute Gasteiger partial charge is 0.339 e. The summed E-state index contributed by atoms with van der Waals surface area (Å²) in [4.78, 5) is 0. The predicted molar refractivity (Wildman–Crippen MR) is 144 cm³/mol. The van der Waals surface area contributed by atoms with Crippen LogP contribution in [0.5, 0.6) is 0 Å². The number of fused-ring (bicyclic) bond motifs is 2. The summed E-state index contributed by atoms with van der Waals surface area (Å²) in [5.41, 5.74) is 9.11. The Hall–Kier alpha value is -3.01. The molecule has 3 heteroatoms. The van der Waals surface area contributed by atoms with Gasteiger partial charge in [-0.05, 0) is 41.2 Å². The van der Waals surface area contributed by atoms with E-state index < -0.39 is 0 Å². The number of thiol groups is 1. The highest BCUT2D eigenvalue weighted by molar-refractivity contribution is 7.80. The van der Waals surface area contributed by atoms with Gasteiger partial charge in [0.1, 0.15) is 5.69 Å². The van der Waals surface area contributed by atoms with Gasteiger partial charge in [0.2, 0.25) is 0 Å². The highest BCUT2D eigenvalue weighted by Gasteiger charge is 2.26. The lowest BCUT2D eigenvalue weighted by Gasteiger charge is -2.24. The second-order valence-electron chi connectivity index (χ2n) is 9.34. The number of hydrogen-bond acceptors (Lipinski definition) is 1. The zero-order valence-electron chi connectivity index (χ0n) is 19.3. The summed E-state index contributed by atoms with van der Waals surface area (Å²) in [5, 5.41) is 3.55. The molecule has 2 N–H and O–H groups in total. The Bertz CT molecular complexity index is 1340. The molecule has 0 unspecified atom stereocenters. The second kappa shape index (κ2) is 9.09. The summed E-state index contributed by atoms with van der Waals surface area (Å²) in [5.74, 6) is 0.795. The Balaban J connectivity index is 1.76. The molecule has 0 spiro atoms. The Morgan fingerprint density at radius 1 is 0.909 bits per heavy atom. The van der Waals surface area contributed by atoms with Crippen LogP contribution in [0.3, 0.4) is 0 Å². The standard InChI is InChI=1S/C30H30N2S/c1-30(2)18-16-22(17-19-31-26-14-8-7-13-25(26)30)28-24-12-6-9-15-27(24)32(20-21-33)29(28)23-10-4-3-5-11-23/h3-17,19,31,33H,18,20-21H2,1-2H3/p+1/b19-17-,22-16+. The molecule has 0 atom stereocenters. The summed E-state index contributed by atoms with van der Waals surface area (Å²) in [6, 6.07) is 28.3. The molecule has 0 radical (unpaired) electrons. The minimum Gasteiger partial charge on any atom is -0.339 e. The molecule has 2 nitrogen and oxygen atoms in total. The van der Waals surface area contributed by atoms with E-state index in [-0.39, 0.29) is 5.41 Å². The summed E-state index contributed by atoms with van der Waals surface area (Å²) >= 11 is 4.60. The van der Waals surface area contributed by atoms with Gasteiger partial charge in [-0.3, -0.25) is 5.32 Å². The predicted octanol–water partition coefficient (Wildman–Crippen LogP) is 6.71. The smallest absolute Gasteiger partial charge is 0.137 e. The van der Waals surface area contributed by atoms with E-state index in [9.17, 15) is 0 Å². The number of para-hydroxylation sites is 2. The van der Waals surface area contributed by atoms with E-state index in [2.05, 4.69) is 134 Å². The Morgan fingerprint density at radius 2 is 1.64 bits per heavy atom. The van der Waals surface area contributed by atoms with Crippen molar-refractivity contribution < 1.29 is 5.32 Å². The Labute approximate surface area is 202 Å². The summed E-state index contributed by atoms with van der Waals surface area (Å²) in [6.45, 7) is 5.57. The molecule has 4 aromatic rings. The minimum absolute atomic E-state index is 0.0424. The molecule has 1 aromatic heterocycles. The third-order valence-corrected chi connectivity index (χ3v) is 6.90. The first-order valence-electron chi connectivity index (χ1n) is 11.7. The van der Waals surface area contributed by atoms with Gasteiger partial charge in [0, 0.05) is 34.3 Å². The van der Waals surface area contributed by atoms with Crippen LogP contribution in [0.25, 0.3) is 27.7 Å². The van der Waals surface area contributed by atoms with Crippen LogP contribution in [0, 0.1) is 0 Å². The SMILES string of the molecule is CC1(C)C/C=C(c2c(-c3ccccc3)n(CCS)c3ccccc23)\C=C/[NH2+]c2ccccc21. The first-order valence-corrected chi connectivity index (χ1v) is 12.3. The van der Waals surface area contributed by atoms with Crippen LogP contribution < -0.4 is 5.32 Å². The van der Waals surface area contributed by atoms with Crippen molar-refractivity contribution in [3.8, 4) is 11.3 Å². The Kier molecular flexibility index (Phi) is 6.01. The number of aryl methyl sites for hydroxylation is 1. The molecule has 1 aliphatic heterocycles. The topological polar surface area (TPSA) is 21.5 Å². The van der Waals surface area contributed by atoms with E-state index >= 15 is 0 Å². The van der Waals surface area contributed by atoms with Crippen LogP contribution in [0.4, 0.5) is 5.69 Å². The van der Waals surface area contributed by atoms with Crippen LogP contribution in [0.2, 0.25) is 0 Å². The maximum absolute atomic E-state index is 4.60. The zero-order valence-corrected chi connectivity index (χ0v) is 20.2. The van der Waals surface area contributed by atoms with E-state index in [0.29, 0.717) is 0 Å². The van der Waals surface area contributed by atoms with Gasteiger partial charge >= 0.3 is 0 Å². The van der Waals surface area contributed by atoms with Crippen molar-refractivity contribution in [2.24, 2.45) is 0 Å². The van der Waals surface area contributed by atoms with Crippen LogP contribution >= 0.6 is 12.6 Å². The number of hydrogen-bond donors (Lipinski definition) is 2. The quantitative estimate of drug-likeness (QED) is 0.254. The molecule has 2 heterocycles. The molecule has 3 aromatic carbocycles. The number of aromatic nitrogens is 1. The van der Waals surface area contributed by atoms with Crippen molar-refractivity contribution in [1.29, 1.82) is 0 Å². The molecule has 0 fully saturated rings. The summed E-state index contributed by atoms with van der Waals surface area (Å²) < 4.78 is 2.44. The molecule has 0 bridgehead atoms. The fourth-order valence-corrected chi connectivity index (χ4v) is 5.27. The lowest BCUT2D eigenvalue weighted by atomic mass is 9.80. The number of benzene rings is 3. The molecule has 5 rings (SSSR count). The number of allylic oxidation sites excluding steroid dienone is 3. The normalized spacial score (nSPS) is 18.0. The van der Waals surface area contributed by atoms with Crippen molar-refractivity contribution in [3.63, 3.8) is 0 Å². The molecule has 0 saturated carbocycles. The number of rotatable bonds is 4. The average Bonchev–Trinajstić information content (AvgIpc) is 3.18. The zero-order chi connectivity index (χ0) is 22.8. The monoisotopic (exact) mass is 451 g/mol. The highest BCUT2D eigenvalue weighted by atomic mass is 32.1. The van der Waals surface area contributed by atoms with E-state index in [4.69, 9.17) is 0 Å². The van der Waals surface area contributed by atoms with Crippen LogP contribution in [-0.2, 0) is 12.0 Å². The van der Waals surface area contributed by atoms with Gasteiger partial charge in [-0.2, -0.15) is 12.6 Å².